The molecule has 3 aromatic rings. The molecule has 0 atom stereocenters. The molecule has 1 aromatic heterocycles. The van der Waals surface area contributed by atoms with Gasteiger partial charge in [-0.05, 0) is 55.0 Å². The number of nitrogens with one attached hydrogen (secondary N) is 2. The maximum atomic E-state index is 13.5. The zero-order chi connectivity index (χ0) is 21.8. The highest BCUT2D eigenvalue weighted by molar-refractivity contribution is 5.64. The van der Waals surface area contributed by atoms with Crippen LogP contribution in [0.15, 0.2) is 54.7 Å². The van der Waals surface area contributed by atoms with E-state index in [4.69, 9.17) is 0 Å². The quantitative estimate of drug-likeness (QED) is 0.448. The Balaban J connectivity index is 1.58. The van der Waals surface area contributed by atoms with Gasteiger partial charge in [0.05, 0.1) is 0 Å². The van der Waals surface area contributed by atoms with Crippen molar-refractivity contribution in [1.29, 1.82) is 0 Å². The highest BCUT2D eigenvalue weighted by Crippen LogP contribution is 2.36. The van der Waals surface area contributed by atoms with E-state index in [0.717, 1.165) is 17.4 Å². The van der Waals surface area contributed by atoms with Crippen LogP contribution in [0.3, 0.4) is 0 Å². The van der Waals surface area contributed by atoms with E-state index in [1.54, 1.807) is 0 Å². The van der Waals surface area contributed by atoms with Crippen molar-refractivity contribution in [2.24, 2.45) is 0 Å². The molecule has 2 aromatic carbocycles. The molecule has 7 heteroatoms. The number of halogens is 3. The highest BCUT2D eigenvalue weighted by atomic mass is 19.4. The van der Waals surface area contributed by atoms with Crippen LogP contribution in [0.2, 0.25) is 0 Å². The van der Waals surface area contributed by atoms with Crippen molar-refractivity contribution >= 4 is 23.1 Å². The van der Waals surface area contributed by atoms with Crippen LogP contribution in [0.5, 0.6) is 0 Å². The Hall–Kier alpha value is -3.09. The fourth-order valence-electron chi connectivity index (χ4n) is 3.99. The molecule has 0 bridgehead atoms. The molecule has 31 heavy (non-hydrogen) atoms. The summed E-state index contributed by atoms with van der Waals surface area (Å²) in [6.45, 7) is 1.90. The second-order valence-corrected chi connectivity index (χ2v) is 7.98. The second-order valence-electron chi connectivity index (χ2n) is 7.98. The average molecular weight is 426 g/mol. The van der Waals surface area contributed by atoms with Gasteiger partial charge >= 0.3 is 6.18 Å². The van der Waals surface area contributed by atoms with Crippen LogP contribution in [0.1, 0.15) is 54.7 Å². The molecule has 2 N–H and O–H groups in total. The fraction of sp³-hybridized carbons (Fsp3) is 0.333. The minimum atomic E-state index is -4.56. The second kappa shape index (κ2) is 8.96. The molecule has 162 valence electrons. The number of para-hydroxylation sites is 1. The Morgan fingerprint density at radius 1 is 0.903 bits per heavy atom. The van der Waals surface area contributed by atoms with Crippen molar-refractivity contribution in [3.63, 3.8) is 0 Å². The molecule has 0 amide bonds. The van der Waals surface area contributed by atoms with Crippen LogP contribution in [0, 0.1) is 6.92 Å². The zero-order valence-electron chi connectivity index (χ0n) is 17.3. The molecule has 1 saturated carbocycles. The SMILES string of the molecule is Cc1ccccc1Nc1ncc(C(F)(F)F)c(Nc2ccc(C3CCCCC3)cc2)n1. The maximum Gasteiger partial charge on any atom is 0.421 e. The van der Waals surface area contributed by atoms with Gasteiger partial charge in [-0.1, -0.05) is 49.6 Å². The van der Waals surface area contributed by atoms with Crippen molar-refractivity contribution in [2.45, 2.75) is 51.1 Å². The van der Waals surface area contributed by atoms with Crippen LogP contribution in [-0.4, -0.2) is 9.97 Å². The summed E-state index contributed by atoms with van der Waals surface area (Å²) in [5, 5.41) is 5.84. The number of aromatic nitrogens is 2. The van der Waals surface area contributed by atoms with Gasteiger partial charge in [0.15, 0.2) is 0 Å². The molecule has 0 saturated heterocycles. The van der Waals surface area contributed by atoms with E-state index >= 15 is 0 Å². The third-order valence-electron chi connectivity index (χ3n) is 5.74. The van der Waals surface area contributed by atoms with E-state index in [-0.39, 0.29) is 11.8 Å². The molecular formula is C24H25F3N4. The minimum absolute atomic E-state index is 0.101. The Morgan fingerprint density at radius 3 is 2.29 bits per heavy atom. The van der Waals surface area contributed by atoms with Gasteiger partial charge in [0.2, 0.25) is 5.95 Å². The first-order chi connectivity index (χ1) is 14.9. The van der Waals surface area contributed by atoms with Crippen LogP contribution >= 0.6 is 0 Å². The fourth-order valence-corrected chi connectivity index (χ4v) is 3.99. The number of aryl methyl sites for hydroxylation is 1. The number of hydrogen-bond acceptors (Lipinski definition) is 4. The standard InChI is InChI=1S/C24H25F3N4/c1-16-7-5-6-10-21(16)30-23-28-15-20(24(25,26)27)22(31-23)29-19-13-11-18(12-14-19)17-8-3-2-4-9-17/h5-7,10-15,17H,2-4,8-9H2,1H3,(H2,28,29,30,31). The first kappa shape index (κ1) is 21.2. The van der Waals surface area contributed by atoms with E-state index < -0.39 is 11.7 Å². The lowest BCUT2D eigenvalue weighted by Gasteiger charge is -2.22. The highest BCUT2D eigenvalue weighted by Gasteiger charge is 2.35. The topological polar surface area (TPSA) is 49.8 Å². The van der Waals surface area contributed by atoms with E-state index in [0.29, 0.717) is 11.6 Å². The van der Waals surface area contributed by atoms with Gasteiger partial charge < -0.3 is 10.6 Å². The minimum Gasteiger partial charge on any atom is -0.340 e. The molecular weight excluding hydrogens is 401 g/mol. The van der Waals surface area contributed by atoms with Crippen molar-refractivity contribution in [3.05, 3.63) is 71.4 Å². The zero-order valence-corrected chi connectivity index (χ0v) is 17.3. The number of alkyl halides is 3. The predicted molar refractivity (Wildman–Crippen MR) is 117 cm³/mol. The Labute approximate surface area is 179 Å². The molecule has 4 rings (SSSR count). The normalized spacial score (nSPS) is 15.0. The lowest BCUT2D eigenvalue weighted by Crippen LogP contribution is -2.13. The summed E-state index contributed by atoms with van der Waals surface area (Å²) in [5.74, 6) is 0.366. The Morgan fingerprint density at radius 2 is 1.61 bits per heavy atom. The summed E-state index contributed by atoms with van der Waals surface area (Å²) in [5.41, 5.74) is 2.58. The largest absolute Gasteiger partial charge is 0.421 e. The van der Waals surface area contributed by atoms with Crippen LogP contribution < -0.4 is 10.6 Å². The van der Waals surface area contributed by atoms with Gasteiger partial charge in [-0.3, -0.25) is 0 Å². The monoisotopic (exact) mass is 426 g/mol. The first-order valence-corrected chi connectivity index (χ1v) is 10.5. The number of benzene rings is 2. The van der Waals surface area contributed by atoms with Gasteiger partial charge in [0.1, 0.15) is 11.4 Å². The first-order valence-electron chi connectivity index (χ1n) is 10.5. The summed E-state index contributed by atoms with van der Waals surface area (Å²) >= 11 is 0. The van der Waals surface area contributed by atoms with Gasteiger partial charge in [-0.2, -0.15) is 18.2 Å². The summed E-state index contributed by atoms with van der Waals surface area (Å²) in [7, 11) is 0. The Kier molecular flexibility index (Phi) is 6.11. The van der Waals surface area contributed by atoms with Crippen molar-refractivity contribution < 1.29 is 13.2 Å². The third-order valence-corrected chi connectivity index (χ3v) is 5.74. The van der Waals surface area contributed by atoms with E-state index in [1.807, 2.05) is 55.5 Å². The number of nitrogens with zero attached hydrogens (tertiary/aromatic N) is 2. The summed E-state index contributed by atoms with van der Waals surface area (Å²) in [6, 6.07) is 15.1. The van der Waals surface area contributed by atoms with Gasteiger partial charge in [0.25, 0.3) is 0 Å². The molecule has 0 unspecified atom stereocenters. The summed E-state index contributed by atoms with van der Waals surface area (Å²) in [4.78, 5) is 8.01. The van der Waals surface area contributed by atoms with Crippen molar-refractivity contribution in [2.75, 3.05) is 10.6 Å². The van der Waals surface area contributed by atoms with Gasteiger partial charge in [-0.15, -0.1) is 0 Å². The maximum absolute atomic E-state index is 13.5. The van der Waals surface area contributed by atoms with E-state index in [2.05, 4.69) is 20.6 Å². The van der Waals surface area contributed by atoms with Crippen LogP contribution in [0.4, 0.5) is 36.3 Å². The molecule has 1 aliphatic carbocycles. The molecule has 1 heterocycles. The Bertz CT molecular complexity index is 1030. The summed E-state index contributed by atoms with van der Waals surface area (Å²) in [6.07, 6.45) is 2.34. The number of rotatable bonds is 5. The molecule has 0 spiro atoms. The van der Waals surface area contributed by atoms with Crippen molar-refractivity contribution in [3.8, 4) is 0 Å². The molecule has 1 fully saturated rings. The predicted octanol–water partition coefficient (Wildman–Crippen LogP) is 7.34. The van der Waals surface area contributed by atoms with Crippen LogP contribution in [0.25, 0.3) is 0 Å². The number of anilines is 4. The molecule has 4 nitrogen and oxygen atoms in total. The smallest absolute Gasteiger partial charge is 0.340 e. The summed E-state index contributed by atoms with van der Waals surface area (Å²) < 4.78 is 40.6. The van der Waals surface area contributed by atoms with E-state index in [9.17, 15) is 13.2 Å². The van der Waals surface area contributed by atoms with Gasteiger partial charge in [0, 0.05) is 17.6 Å². The molecule has 0 radical (unpaired) electrons. The molecule has 0 aliphatic heterocycles. The van der Waals surface area contributed by atoms with Crippen molar-refractivity contribution in [1.82, 2.24) is 9.97 Å². The van der Waals surface area contributed by atoms with Crippen LogP contribution in [-0.2, 0) is 6.18 Å². The third kappa shape index (κ3) is 5.16. The lowest BCUT2D eigenvalue weighted by atomic mass is 9.84. The average Bonchev–Trinajstić information content (AvgIpc) is 2.76. The van der Waals surface area contributed by atoms with Gasteiger partial charge in [-0.25, -0.2) is 4.98 Å². The molecule has 1 aliphatic rings. The number of hydrogen-bond donors (Lipinski definition) is 2. The lowest BCUT2D eigenvalue weighted by molar-refractivity contribution is -0.137. The van der Waals surface area contributed by atoms with E-state index in [1.165, 1.54) is 37.7 Å².